The Hall–Kier alpha value is -1.63. The van der Waals surface area contributed by atoms with E-state index in [4.69, 9.17) is 5.11 Å². The molecule has 1 saturated carbocycles. The summed E-state index contributed by atoms with van der Waals surface area (Å²) in [4.78, 5) is 14.9. The summed E-state index contributed by atoms with van der Waals surface area (Å²) in [5, 5.41) is 11.6. The molecule has 1 aliphatic rings. The summed E-state index contributed by atoms with van der Waals surface area (Å²) < 4.78 is 36.8. The van der Waals surface area contributed by atoms with Crippen molar-refractivity contribution in [2.45, 2.75) is 24.6 Å². The minimum Gasteiger partial charge on any atom is -0.394 e. The van der Waals surface area contributed by atoms with Gasteiger partial charge in [-0.2, -0.15) is 13.2 Å². The third-order valence-corrected chi connectivity index (χ3v) is 2.85. The fourth-order valence-corrected chi connectivity index (χ4v) is 1.48. The number of hydrogen-bond donors (Lipinski definition) is 2. The first-order valence-corrected chi connectivity index (χ1v) is 5.33. The van der Waals surface area contributed by atoms with E-state index in [9.17, 15) is 18.0 Å². The highest BCUT2D eigenvalue weighted by atomic mass is 19.4. The fraction of sp³-hybridized carbons (Fsp3) is 0.455. The number of rotatable bonds is 3. The third-order valence-electron chi connectivity index (χ3n) is 2.85. The number of carbonyl (C=O) groups excluding carboxylic acids is 1. The molecular formula is C11H11F3N2O2. The van der Waals surface area contributed by atoms with Crippen LogP contribution in [0.2, 0.25) is 0 Å². The SMILES string of the molecule is O=C(NC1(CO)CC1)c1ccc(C(F)(F)F)nc1. The topological polar surface area (TPSA) is 62.2 Å². The lowest BCUT2D eigenvalue weighted by Gasteiger charge is -2.14. The number of alkyl halides is 3. The van der Waals surface area contributed by atoms with E-state index < -0.39 is 23.3 Å². The molecule has 1 aliphatic carbocycles. The second-order valence-corrected chi connectivity index (χ2v) is 4.32. The van der Waals surface area contributed by atoms with Gasteiger partial charge >= 0.3 is 6.18 Å². The van der Waals surface area contributed by atoms with Gasteiger partial charge in [0.2, 0.25) is 0 Å². The molecule has 1 aromatic heterocycles. The van der Waals surface area contributed by atoms with Crippen LogP contribution >= 0.6 is 0 Å². The van der Waals surface area contributed by atoms with E-state index in [0.29, 0.717) is 12.8 Å². The Bertz CT molecular complexity index is 452. The molecule has 1 heterocycles. The maximum absolute atomic E-state index is 12.3. The molecule has 18 heavy (non-hydrogen) atoms. The van der Waals surface area contributed by atoms with Crippen LogP contribution in [-0.4, -0.2) is 28.1 Å². The largest absolute Gasteiger partial charge is 0.433 e. The fourth-order valence-electron chi connectivity index (χ4n) is 1.48. The molecule has 0 aromatic carbocycles. The Morgan fingerprint density at radius 1 is 1.44 bits per heavy atom. The van der Waals surface area contributed by atoms with E-state index in [-0.39, 0.29) is 12.2 Å². The standard InChI is InChI=1S/C11H11F3N2O2/c12-11(13,14)8-2-1-7(5-15-8)9(18)16-10(6-17)3-4-10/h1-2,5,17H,3-4,6H2,(H,16,18). The van der Waals surface area contributed by atoms with Gasteiger partial charge in [-0.3, -0.25) is 9.78 Å². The molecule has 98 valence electrons. The Morgan fingerprint density at radius 3 is 2.50 bits per heavy atom. The first-order valence-electron chi connectivity index (χ1n) is 5.33. The molecule has 2 rings (SSSR count). The minimum absolute atomic E-state index is 0.0442. The van der Waals surface area contributed by atoms with Crippen LogP contribution in [0, 0.1) is 0 Å². The van der Waals surface area contributed by atoms with Crippen molar-refractivity contribution in [3.63, 3.8) is 0 Å². The highest BCUT2D eigenvalue weighted by molar-refractivity contribution is 5.94. The van der Waals surface area contributed by atoms with Crippen LogP contribution in [0.5, 0.6) is 0 Å². The van der Waals surface area contributed by atoms with Crippen molar-refractivity contribution in [1.29, 1.82) is 0 Å². The predicted molar refractivity (Wildman–Crippen MR) is 55.8 cm³/mol. The van der Waals surface area contributed by atoms with E-state index in [0.717, 1.165) is 18.3 Å². The lowest BCUT2D eigenvalue weighted by molar-refractivity contribution is -0.141. The van der Waals surface area contributed by atoms with Crippen LogP contribution in [0.4, 0.5) is 13.2 Å². The van der Waals surface area contributed by atoms with Crippen LogP contribution in [-0.2, 0) is 6.18 Å². The van der Waals surface area contributed by atoms with Crippen LogP contribution in [0.25, 0.3) is 0 Å². The average Bonchev–Trinajstić information content (AvgIpc) is 3.08. The molecule has 0 atom stereocenters. The number of carbonyl (C=O) groups is 1. The molecule has 0 saturated heterocycles. The maximum atomic E-state index is 12.3. The Labute approximate surface area is 101 Å². The van der Waals surface area contributed by atoms with Crippen molar-refractivity contribution >= 4 is 5.91 Å². The number of hydrogen-bond acceptors (Lipinski definition) is 3. The summed E-state index contributed by atoms with van der Waals surface area (Å²) in [6.45, 7) is -0.174. The summed E-state index contributed by atoms with van der Waals surface area (Å²) in [7, 11) is 0. The van der Waals surface area contributed by atoms with Gasteiger partial charge in [-0.05, 0) is 25.0 Å². The number of halogens is 3. The van der Waals surface area contributed by atoms with Crippen LogP contribution in [0.3, 0.4) is 0 Å². The van der Waals surface area contributed by atoms with E-state index in [2.05, 4.69) is 10.3 Å². The van der Waals surface area contributed by atoms with Gasteiger partial charge in [0.15, 0.2) is 0 Å². The van der Waals surface area contributed by atoms with Crippen molar-refractivity contribution in [1.82, 2.24) is 10.3 Å². The zero-order valence-corrected chi connectivity index (χ0v) is 9.29. The summed E-state index contributed by atoms with van der Waals surface area (Å²) in [5.74, 6) is -0.525. The number of aliphatic hydroxyl groups is 1. The second kappa shape index (κ2) is 4.24. The molecule has 4 nitrogen and oxygen atoms in total. The summed E-state index contributed by atoms with van der Waals surface area (Å²) >= 11 is 0. The van der Waals surface area contributed by atoms with Crippen LogP contribution < -0.4 is 5.32 Å². The van der Waals surface area contributed by atoms with Crippen molar-refractivity contribution in [3.05, 3.63) is 29.6 Å². The van der Waals surface area contributed by atoms with Crippen molar-refractivity contribution in [3.8, 4) is 0 Å². The van der Waals surface area contributed by atoms with Crippen molar-refractivity contribution < 1.29 is 23.1 Å². The Morgan fingerprint density at radius 2 is 2.11 bits per heavy atom. The lowest BCUT2D eigenvalue weighted by atomic mass is 10.2. The third kappa shape index (κ3) is 2.61. The lowest BCUT2D eigenvalue weighted by Crippen LogP contribution is -2.39. The summed E-state index contributed by atoms with van der Waals surface area (Å²) in [5.41, 5.74) is -1.59. The summed E-state index contributed by atoms with van der Waals surface area (Å²) in [6.07, 6.45) is -2.30. The quantitative estimate of drug-likeness (QED) is 0.862. The minimum atomic E-state index is -4.52. The van der Waals surface area contributed by atoms with Gasteiger partial charge in [0.1, 0.15) is 5.69 Å². The van der Waals surface area contributed by atoms with Crippen molar-refractivity contribution in [2.75, 3.05) is 6.61 Å². The molecule has 0 bridgehead atoms. The monoisotopic (exact) mass is 260 g/mol. The molecule has 0 radical (unpaired) electrons. The Kier molecular flexibility index (Phi) is 3.02. The number of nitrogens with zero attached hydrogens (tertiary/aromatic N) is 1. The van der Waals surface area contributed by atoms with E-state index in [1.807, 2.05) is 0 Å². The number of pyridine rings is 1. The zero-order valence-electron chi connectivity index (χ0n) is 9.29. The molecule has 1 aromatic rings. The van der Waals surface area contributed by atoms with Gasteiger partial charge in [-0.15, -0.1) is 0 Å². The van der Waals surface area contributed by atoms with Gasteiger partial charge in [-0.1, -0.05) is 0 Å². The van der Waals surface area contributed by atoms with Crippen LogP contribution in [0.15, 0.2) is 18.3 Å². The van der Waals surface area contributed by atoms with E-state index >= 15 is 0 Å². The van der Waals surface area contributed by atoms with Crippen LogP contribution in [0.1, 0.15) is 28.9 Å². The molecular weight excluding hydrogens is 249 g/mol. The average molecular weight is 260 g/mol. The molecule has 0 aliphatic heterocycles. The van der Waals surface area contributed by atoms with E-state index in [1.165, 1.54) is 0 Å². The second-order valence-electron chi connectivity index (χ2n) is 4.32. The molecule has 1 fully saturated rings. The van der Waals surface area contributed by atoms with Gasteiger partial charge in [0.05, 0.1) is 17.7 Å². The predicted octanol–water partition coefficient (Wildman–Crippen LogP) is 1.36. The maximum Gasteiger partial charge on any atom is 0.433 e. The number of amides is 1. The van der Waals surface area contributed by atoms with Gasteiger partial charge in [0.25, 0.3) is 5.91 Å². The van der Waals surface area contributed by atoms with Gasteiger partial charge in [0, 0.05) is 6.20 Å². The molecule has 0 spiro atoms. The van der Waals surface area contributed by atoms with Gasteiger partial charge < -0.3 is 10.4 Å². The molecule has 7 heteroatoms. The Balaban J connectivity index is 2.08. The zero-order chi connectivity index (χ0) is 13.4. The highest BCUT2D eigenvalue weighted by Crippen LogP contribution is 2.34. The van der Waals surface area contributed by atoms with Gasteiger partial charge in [-0.25, -0.2) is 0 Å². The summed E-state index contributed by atoms with van der Waals surface area (Å²) in [6, 6.07) is 1.83. The molecule has 1 amide bonds. The smallest absolute Gasteiger partial charge is 0.394 e. The first-order chi connectivity index (χ1) is 8.36. The normalized spacial score (nSPS) is 17.3. The molecule has 2 N–H and O–H groups in total. The van der Waals surface area contributed by atoms with Crippen molar-refractivity contribution in [2.24, 2.45) is 0 Å². The van der Waals surface area contributed by atoms with E-state index in [1.54, 1.807) is 0 Å². The number of aliphatic hydroxyl groups excluding tert-OH is 1. The molecule has 0 unspecified atom stereocenters. The highest BCUT2D eigenvalue weighted by Gasteiger charge is 2.43. The first kappa shape index (κ1) is 12.8. The number of aromatic nitrogens is 1. The number of nitrogens with one attached hydrogen (secondary N) is 1.